The second-order valence-electron chi connectivity index (χ2n) is 3.85. The van der Waals surface area contributed by atoms with Gasteiger partial charge in [0.1, 0.15) is 11.1 Å². The zero-order chi connectivity index (χ0) is 14.8. The molecule has 0 unspecified atom stereocenters. The van der Waals surface area contributed by atoms with Crippen molar-refractivity contribution in [3.05, 3.63) is 40.4 Å². The van der Waals surface area contributed by atoms with Crippen molar-refractivity contribution in [2.75, 3.05) is 5.84 Å². The Labute approximate surface area is 133 Å². The van der Waals surface area contributed by atoms with Crippen LogP contribution in [0.1, 0.15) is 5.69 Å². The predicted molar refractivity (Wildman–Crippen MR) is 81.6 cm³/mol. The van der Waals surface area contributed by atoms with Gasteiger partial charge in [0.25, 0.3) is 0 Å². The molecule has 21 heavy (non-hydrogen) atoms. The van der Waals surface area contributed by atoms with E-state index in [4.69, 9.17) is 22.7 Å². The van der Waals surface area contributed by atoms with Gasteiger partial charge in [-0.1, -0.05) is 17.7 Å². The van der Waals surface area contributed by atoms with Crippen LogP contribution >= 0.6 is 34.7 Å². The molecule has 3 rings (SSSR count). The molecule has 6 nitrogen and oxygen atoms in total. The highest BCUT2D eigenvalue weighted by atomic mass is 35.5. The lowest BCUT2D eigenvalue weighted by molar-refractivity contribution is 0.848. The first-order valence-corrected chi connectivity index (χ1v) is 7.75. The third kappa shape index (κ3) is 2.71. The largest absolute Gasteiger partial charge is 0.335 e. The van der Waals surface area contributed by atoms with Gasteiger partial charge in [0.2, 0.25) is 5.16 Å². The number of nitriles is 1. The highest BCUT2D eigenvalue weighted by molar-refractivity contribution is 7.99. The van der Waals surface area contributed by atoms with Crippen molar-refractivity contribution in [3.63, 3.8) is 0 Å². The van der Waals surface area contributed by atoms with Crippen LogP contribution in [0.25, 0.3) is 10.7 Å². The molecule has 0 radical (unpaired) electrons. The van der Waals surface area contributed by atoms with Crippen LogP contribution in [0.2, 0.25) is 5.02 Å². The number of nitrogens with two attached hydrogens (primary N) is 1. The van der Waals surface area contributed by atoms with E-state index in [1.807, 2.05) is 23.6 Å². The van der Waals surface area contributed by atoms with E-state index in [0.717, 1.165) is 4.88 Å². The summed E-state index contributed by atoms with van der Waals surface area (Å²) in [6, 6.07) is 9.09. The maximum absolute atomic E-state index is 8.93. The summed E-state index contributed by atoms with van der Waals surface area (Å²) < 4.78 is 1.40. The summed E-state index contributed by atoms with van der Waals surface area (Å²) in [4.78, 5) is 5.06. The van der Waals surface area contributed by atoms with Crippen molar-refractivity contribution in [1.29, 1.82) is 5.26 Å². The Balaban J connectivity index is 1.91. The Hall–Kier alpha value is -2.08. The number of nitrogens with zero attached hydrogens (tertiary/aromatic N) is 5. The van der Waals surface area contributed by atoms with Crippen molar-refractivity contribution >= 4 is 34.7 Å². The Kier molecular flexibility index (Phi) is 3.79. The minimum absolute atomic E-state index is 0.170. The van der Waals surface area contributed by atoms with Gasteiger partial charge in [0, 0.05) is 0 Å². The van der Waals surface area contributed by atoms with Crippen LogP contribution in [-0.4, -0.2) is 19.9 Å². The van der Waals surface area contributed by atoms with Gasteiger partial charge in [-0.05, 0) is 35.3 Å². The van der Waals surface area contributed by atoms with Crippen molar-refractivity contribution in [3.8, 4) is 16.8 Å². The van der Waals surface area contributed by atoms with E-state index in [1.165, 1.54) is 27.8 Å². The SMILES string of the molecule is N#Cc1nc(Sc2nnc(-c3cccs3)n2N)ccc1Cl. The lowest BCUT2D eigenvalue weighted by atomic mass is 10.4. The molecular formula is C12H7ClN6S2. The van der Waals surface area contributed by atoms with E-state index in [1.54, 1.807) is 12.1 Å². The summed E-state index contributed by atoms with van der Waals surface area (Å²) in [6.07, 6.45) is 0. The molecule has 104 valence electrons. The number of hydrogen-bond acceptors (Lipinski definition) is 7. The van der Waals surface area contributed by atoms with Crippen LogP contribution in [0.3, 0.4) is 0 Å². The molecule has 0 saturated carbocycles. The number of halogens is 1. The van der Waals surface area contributed by atoms with Crippen molar-refractivity contribution in [2.24, 2.45) is 0 Å². The van der Waals surface area contributed by atoms with Gasteiger partial charge in [-0.15, -0.1) is 21.5 Å². The van der Waals surface area contributed by atoms with Crippen LogP contribution in [-0.2, 0) is 0 Å². The molecular weight excluding hydrogens is 328 g/mol. The zero-order valence-electron chi connectivity index (χ0n) is 10.4. The first-order chi connectivity index (χ1) is 10.2. The Morgan fingerprint density at radius 1 is 1.33 bits per heavy atom. The van der Waals surface area contributed by atoms with E-state index in [-0.39, 0.29) is 5.69 Å². The predicted octanol–water partition coefficient (Wildman–Crippen LogP) is 2.79. The highest BCUT2D eigenvalue weighted by Crippen LogP contribution is 2.29. The Morgan fingerprint density at radius 3 is 2.90 bits per heavy atom. The molecule has 0 atom stereocenters. The summed E-state index contributed by atoms with van der Waals surface area (Å²) in [7, 11) is 0. The van der Waals surface area contributed by atoms with Crippen molar-refractivity contribution in [1.82, 2.24) is 19.9 Å². The number of hydrogen-bond donors (Lipinski definition) is 1. The van der Waals surface area contributed by atoms with Crippen LogP contribution < -0.4 is 5.84 Å². The normalized spacial score (nSPS) is 10.5. The van der Waals surface area contributed by atoms with Gasteiger partial charge in [0.15, 0.2) is 11.5 Å². The average molecular weight is 335 g/mol. The third-order valence-electron chi connectivity index (χ3n) is 2.53. The maximum Gasteiger partial charge on any atom is 0.216 e. The Morgan fingerprint density at radius 2 is 2.19 bits per heavy atom. The summed E-state index contributed by atoms with van der Waals surface area (Å²) >= 11 is 8.60. The van der Waals surface area contributed by atoms with Gasteiger partial charge < -0.3 is 5.84 Å². The summed E-state index contributed by atoms with van der Waals surface area (Å²) in [5.41, 5.74) is 0.170. The average Bonchev–Trinajstić information content (AvgIpc) is 3.12. The molecule has 3 heterocycles. The van der Waals surface area contributed by atoms with Crippen molar-refractivity contribution < 1.29 is 0 Å². The topological polar surface area (TPSA) is 93.4 Å². The molecule has 0 aliphatic rings. The molecule has 3 aromatic heterocycles. The first kappa shape index (κ1) is 13.9. The molecule has 0 aliphatic heterocycles. The lowest BCUT2D eigenvalue weighted by Gasteiger charge is -2.02. The molecule has 2 N–H and O–H groups in total. The number of nitrogen functional groups attached to an aromatic ring is 1. The van der Waals surface area contributed by atoms with Gasteiger partial charge in [-0.3, -0.25) is 0 Å². The Bertz CT molecular complexity index is 821. The maximum atomic E-state index is 8.93. The fourth-order valence-electron chi connectivity index (χ4n) is 1.57. The van der Waals surface area contributed by atoms with E-state index < -0.39 is 0 Å². The minimum atomic E-state index is 0.170. The molecule has 0 fully saturated rings. The number of aromatic nitrogens is 4. The van der Waals surface area contributed by atoms with Crippen LogP contribution in [0.5, 0.6) is 0 Å². The quantitative estimate of drug-likeness (QED) is 0.740. The standard InChI is InChI=1S/C12H7ClN6S2/c13-7-3-4-10(16-8(7)6-14)21-12-18-17-11(19(12)15)9-2-1-5-20-9/h1-5H,15H2. The van der Waals surface area contributed by atoms with Crippen molar-refractivity contribution in [2.45, 2.75) is 10.2 Å². The summed E-state index contributed by atoms with van der Waals surface area (Å²) in [5, 5.41) is 20.4. The van der Waals surface area contributed by atoms with Crippen LogP contribution in [0.4, 0.5) is 0 Å². The molecule has 0 spiro atoms. The second-order valence-corrected chi connectivity index (χ2v) is 6.19. The summed E-state index contributed by atoms with van der Waals surface area (Å²) in [6.45, 7) is 0. The molecule has 0 bridgehead atoms. The smallest absolute Gasteiger partial charge is 0.216 e. The fourth-order valence-corrected chi connectivity index (χ4v) is 3.15. The molecule has 0 aliphatic carbocycles. The highest BCUT2D eigenvalue weighted by Gasteiger charge is 2.14. The van der Waals surface area contributed by atoms with Gasteiger partial charge in [-0.25, -0.2) is 9.66 Å². The molecule has 3 aromatic rings. The van der Waals surface area contributed by atoms with E-state index in [2.05, 4.69) is 15.2 Å². The summed E-state index contributed by atoms with van der Waals surface area (Å²) in [5.74, 6) is 6.59. The second kappa shape index (κ2) is 5.73. The zero-order valence-corrected chi connectivity index (χ0v) is 12.8. The first-order valence-electron chi connectivity index (χ1n) is 5.68. The fraction of sp³-hybridized carbons (Fsp3) is 0. The third-order valence-corrected chi connectivity index (χ3v) is 4.60. The van der Waals surface area contributed by atoms with E-state index in [0.29, 0.717) is 21.0 Å². The molecule has 0 amide bonds. The molecule has 0 saturated heterocycles. The number of thiophene rings is 1. The van der Waals surface area contributed by atoms with Gasteiger partial charge >= 0.3 is 0 Å². The van der Waals surface area contributed by atoms with Gasteiger partial charge in [0.05, 0.1) is 9.90 Å². The molecule has 9 heteroatoms. The van der Waals surface area contributed by atoms with Crippen LogP contribution in [0.15, 0.2) is 39.8 Å². The van der Waals surface area contributed by atoms with E-state index >= 15 is 0 Å². The number of rotatable bonds is 3. The monoisotopic (exact) mass is 334 g/mol. The van der Waals surface area contributed by atoms with Gasteiger partial charge in [-0.2, -0.15) is 5.26 Å². The lowest BCUT2D eigenvalue weighted by Crippen LogP contribution is -2.11. The molecule has 0 aromatic carbocycles. The minimum Gasteiger partial charge on any atom is -0.335 e. The van der Waals surface area contributed by atoms with E-state index in [9.17, 15) is 0 Å². The van der Waals surface area contributed by atoms with Crippen LogP contribution in [0, 0.1) is 11.3 Å². The number of pyridine rings is 1.